The van der Waals surface area contributed by atoms with Crippen molar-refractivity contribution >= 4 is 5.91 Å². The molecule has 8 heteroatoms. The molecule has 0 N–H and O–H groups in total. The zero-order chi connectivity index (χ0) is 18.9. The predicted molar refractivity (Wildman–Crippen MR) is 97.2 cm³/mol. The maximum absolute atomic E-state index is 13.4. The Morgan fingerprint density at radius 1 is 1.38 bits per heavy atom. The zero-order valence-electron chi connectivity index (χ0n) is 16.2. The van der Waals surface area contributed by atoms with Gasteiger partial charge in [-0.2, -0.15) is 5.10 Å². The molecule has 1 atom stereocenters. The summed E-state index contributed by atoms with van der Waals surface area (Å²) < 4.78 is 1.62. The minimum absolute atomic E-state index is 0.0260. The van der Waals surface area contributed by atoms with Gasteiger partial charge in [-0.25, -0.2) is 19.6 Å². The SMILES string of the molecule is Cc1ncc(CN(C)C)c([C@@H]2CCCN2C(=O)C(C)(C)n2cncn2)n1. The minimum Gasteiger partial charge on any atom is -0.332 e. The number of aromatic nitrogens is 5. The summed E-state index contributed by atoms with van der Waals surface area (Å²) in [5, 5.41) is 4.17. The molecule has 2 aromatic rings. The number of nitrogens with zero attached hydrogens (tertiary/aromatic N) is 7. The van der Waals surface area contributed by atoms with Crippen molar-refractivity contribution in [3.05, 3.63) is 35.9 Å². The third-order valence-corrected chi connectivity index (χ3v) is 4.85. The van der Waals surface area contributed by atoms with Gasteiger partial charge in [-0.3, -0.25) is 4.79 Å². The van der Waals surface area contributed by atoms with Crippen LogP contribution >= 0.6 is 0 Å². The summed E-state index contributed by atoms with van der Waals surface area (Å²) in [6, 6.07) is -0.0260. The Hall–Kier alpha value is -2.35. The van der Waals surface area contributed by atoms with E-state index in [9.17, 15) is 4.79 Å². The average Bonchev–Trinajstić information content (AvgIpc) is 3.27. The molecule has 0 aliphatic carbocycles. The molecule has 0 radical (unpaired) electrons. The molecule has 3 heterocycles. The van der Waals surface area contributed by atoms with Gasteiger partial charge in [0.2, 0.25) is 0 Å². The maximum atomic E-state index is 13.4. The molecule has 0 bridgehead atoms. The van der Waals surface area contributed by atoms with Gasteiger partial charge in [0.1, 0.15) is 24.0 Å². The summed E-state index contributed by atoms with van der Waals surface area (Å²) in [4.78, 5) is 30.5. The van der Waals surface area contributed by atoms with Gasteiger partial charge in [0.15, 0.2) is 0 Å². The second-order valence-corrected chi connectivity index (χ2v) is 7.62. The first-order valence-electron chi connectivity index (χ1n) is 8.94. The highest BCUT2D eigenvalue weighted by Crippen LogP contribution is 2.35. The number of hydrogen-bond acceptors (Lipinski definition) is 6. The second kappa shape index (κ2) is 7.11. The molecule has 3 rings (SSSR count). The van der Waals surface area contributed by atoms with Gasteiger partial charge in [-0.05, 0) is 47.7 Å². The number of rotatable bonds is 5. The monoisotopic (exact) mass is 357 g/mol. The van der Waals surface area contributed by atoms with E-state index in [2.05, 4.69) is 20.0 Å². The molecular formula is C18H27N7O. The quantitative estimate of drug-likeness (QED) is 0.807. The number of hydrogen-bond donors (Lipinski definition) is 0. The van der Waals surface area contributed by atoms with E-state index in [0.29, 0.717) is 0 Å². The highest BCUT2D eigenvalue weighted by Gasteiger charge is 2.41. The summed E-state index contributed by atoms with van der Waals surface area (Å²) in [6.07, 6.45) is 6.82. The molecule has 1 aliphatic rings. The van der Waals surface area contributed by atoms with Crippen LogP contribution in [0.1, 0.15) is 49.8 Å². The van der Waals surface area contributed by atoms with Crippen molar-refractivity contribution in [2.75, 3.05) is 20.6 Å². The van der Waals surface area contributed by atoms with Crippen LogP contribution in [0, 0.1) is 6.92 Å². The van der Waals surface area contributed by atoms with Crippen LogP contribution in [0.3, 0.4) is 0 Å². The van der Waals surface area contributed by atoms with Gasteiger partial charge in [0.25, 0.3) is 5.91 Å². The minimum atomic E-state index is -0.789. The lowest BCUT2D eigenvalue weighted by Gasteiger charge is -2.33. The van der Waals surface area contributed by atoms with Crippen molar-refractivity contribution in [3.63, 3.8) is 0 Å². The van der Waals surface area contributed by atoms with E-state index in [-0.39, 0.29) is 11.9 Å². The lowest BCUT2D eigenvalue weighted by molar-refractivity contribution is -0.140. The van der Waals surface area contributed by atoms with Crippen LogP contribution in [0.25, 0.3) is 0 Å². The predicted octanol–water partition coefficient (Wildman–Crippen LogP) is 1.54. The standard InChI is InChI=1S/C18H27N7O/c1-13-20-9-14(10-23(4)5)16(22-13)15-7-6-8-24(15)17(26)18(2,3)25-12-19-11-21-25/h9,11-12,15H,6-8,10H2,1-5H3/t15-/m0/s1. The number of aryl methyl sites for hydroxylation is 1. The largest absolute Gasteiger partial charge is 0.332 e. The van der Waals surface area contributed by atoms with E-state index in [1.54, 1.807) is 11.0 Å². The van der Waals surface area contributed by atoms with E-state index in [1.165, 1.54) is 6.33 Å². The highest BCUT2D eigenvalue weighted by atomic mass is 16.2. The van der Waals surface area contributed by atoms with Crippen molar-refractivity contribution in [2.24, 2.45) is 0 Å². The fourth-order valence-corrected chi connectivity index (χ4v) is 3.50. The van der Waals surface area contributed by atoms with E-state index >= 15 is 0 Å². The fourth-order valence-electron chi connectivity index (χ4n) is 3.50. The molecule has 0 aromatic carbocycles. The molecule has 2 aromatic heterocycles. The van der Waals surface area contributed by atoms with Crippen molar-refractivity contribution in [2.45, 2.75) is 51.7 Å². The second-order valence-electron chi connectivity index (χ2n) is 7.62. The molecule has 140 valence electrons. The smallest absolute Gasteiger partial charge is 0.250 e. The number of amides is 1. The van der Waals surface area contributed by atoms with Crippen molar-refractivity contribution in [1.29, 1.82) is 0 Å². The Morgan fingerprint density at radius 2 is 2.15 bits per heavy atom. The van der Waals surface area contributed by atoms with Crippen LogP contribution in [0.15, 0.2) is 18.9 Å². The Kier molecular flexibility index (Phi) is 5.04. The van der Waals surface area contributed by atoms with Crippen LogP contribution in [-0.2, 0) is 16.9 Å². The van der Waals surface area contributed by atoms with E-state index in [4.69, 9.17) is 4.98 Å². The lowest BCUT2D eigenvalue weighted by atomic mass is 10.0. The summed E-state index contributed by atoms with van der Waals surface area (Å²) in [5.41, 5.74) is 1.25. The van der Waals surface area contributed by atoms with E-state index < -0.39 is 5.54 Å². The normalized spacial score (nSPS) is 17.9. The molecule has 26 heavy (non-hydrogen) atoms. The molecule has 1 amide bonds. The first-order valence-corrected chi connectivity index (χ1v) is 8.94. The summed E-state index contributed by atoms with van der Waals surface area (Å²) in [6.45, 7) is 7.13. The van der Waals surface area contributed by atoms with E-state index in [1.807, 2.05) is 46.0 Å². The average molecular weight is 357 g/mol. The van der Waals surface area contributed by atoms with Gasteiger partial charge in [0.05, 0.1) is 11.7 Å². The Labute approximate surface area is 154 Å². The summed E-state index contributed by atoms with van der Waals surface area (Å²) in [7, 11) is 4.05. The van der Waals surface area contributed by atoms with Crippen molar-refractivity contribution in [1.82, 2.24) is 34.5 Å². The zero-order valence-corrected chi connectivity index (χ0v) is 16.2. The Morgan fingerprint density at radius 3 is 2.81 bits per heavy atom. The molecule has 0 spiro atoms. The van der Waals surface area contributed by atoms with Crippen molar-refractivity contribution < 1.29 is 4.79 Å². The number of carbonyl (C=O) groups excluding carboxylic acids is 1. The first-order chi connectivity index (χ1) is 12.3. The van der Waals surface area contributed by atoms with Crippen LogP contribution in [0.4, 0.5) is 0 Å². The molecular weight excluding hydrogens is 330 g/mol. The molecule has 8 nitrogen and oxygen atoms in total. The van der Waals surface area contributed by atoms with Crippen LogP contribution < -0.4 is 0 Å². The fraction of sp³-hybridized carbons (Fsp3) is 0.611. The van der Waals surface area contributed by atoms with Crippen LogP contribution in [0.5, 0.6) is 0 Å². The Balaban J connectivity index is 1.94. The first kappa shape index (κ1) is 18.4. The highest BCUT2D eigenvalue weighted by molar-refractivity contribution is 5.84. The van der Waals surface area contributed by atoms with Crippen molar-refractivity contribution in [3.8, 4) is 0 Å². The van der Waals surface area contributed by atoms with Gasteiger partial charge in [-0.15, -0.1) is 0 Å². The van der Waals surface area contributed by atoms with Crippen LogP contribution in [-0.4, -0.2) is 61.1 Å². The number of likely N-dealkylation sites (tertiary alicyclic amines) is 1. The molecule has 0 saturated carbocycles. The third kappa shape index (κ3) is 3.46. The van der Waals surface area contributed by atoms with Crippen LogP contribution in [0.2, 0.25) is 0 Å². The molecule has 1 fully saturated rings. The summed E-state index contributed by atoms with van der Waals surface area (Å²) in [5.74, 6) is 0.773. The van der Waals surface area contributed by atoms with Gasteiger partial charge < -0.3 is 9.80 Å². The maximum Gasteiger partial charge on any atom is 0.250 e. The molecule has 1 aliphatic heterocycles. The van der Waals surface area contributed by atoms with E-state index in [0.717, 1.165) is 43.0 Å². The molecule has 1 saturated heterocycles. The van der Waals surface area contributed by atoms with Gasteiger partial charge >= 0.3 is 0 Å². The molecule has 0 unspecified atom stereocenters. The van der Waals surface area contributed by atoms with Gasteiger partial charge in [-0.1, -0.05) is 0 Å². The summed E-state index contributed by atoms with van der Waals surface area (Å²) >= 11 is 0. The Bertz CT molecular complexity index is 770. The topological polar surface area (TPSA) is 80.0 Å². The number of carbonyl (C=O) groups is 1. The van der Waals surface area contributed by atoms with Gasteiger partial charge in [0, 0.05) is 24.8 Å². The lowest BCUT2D eigenvalue weighted by Crippen LogP contribution is -2.47. The third-order valence-electron chi connectivity index (χ3n) is 4.85.